The molecule has 4 nitrogen and oxygen atoms in total. The number of hydrogen-bond donors (Lipinski definition) is 1. The van der Waals surface area contributed by atoms with Crippen molar-refractivity contribution >= 4 is 5.91 Å². The van der Waals surface area contributed by atoms with Crippen LogP contribution in [-0.4, -0.2) is 41.6 Å². The Morgan fingerprint density at radius 3 is 2.79 bits per heavy atom. The van der Waals surface area contributed by atoms with Gasteiger partial charge in [-0.15, -0.1) is 0 Å². The van der Waals surface area contributed by atoms with Crippen molar-refractivity contribution in [3.8, 4) is 11.3 Å². The van der Waals surface area contributed by atoms with Crippen LogP contribution in [0.1, 0.15) is 36.7 Å². The number of carbonyl (C=O) groups is 1. The second-order valence-electron chi connectivity index (χ2n) is 7.11. The molecule has 1 aromatic carbocycles. The molecular weight excluding hydrogens is 300 g/mol. The predicted octanol–water partition coefficient (Wildman–Crippen LogP) is 3.71. The van der Waals surface area contributed by atoms with Crippen molar-refractivity contribution in [2.45, 2.75) is 32.3 Å². The highest BCUT2D eigenvalue weighted by Gasteiger charge is 2.49. The van der Waals surface area contributed by atoms with E-state index in [0.29, 0.717) is 17.2 Å². The first-order valence-corrected chi connectivity index (χ1v) is 8.84. The summed E-state index contributed by atoms with van der Waals surface area (Å²) < 4.78 is 5.69. The lowest BCUT2D eigenvalue weighted by Crippen LogP contribution is -2.45. The van der Waals surface area contributed by atoms with Crippen LogP contribution in [0.3, 0.4) is 0 Å². The van der Waals surface area contributed by atoms with Crippen LogP contribution < -0.4 is 0 Å². The number of rotatable bonds is 4. The number of carbonyl (C=O) groups excluding carboxylic acids is 1. The maximum Gasteiger partial charge on any atom is 0.270 e. The van der Waals surface area contributed by atoms with Crippen molar-refractivity contribution in [2.75, 3.05) is 19.7 Å². The molecule has 126 valence electrons. The first-order valence-electron chi connectivity index (χ1n) is 8.84. The second-order valence-corrected chi connectivity index (χ2v) is 7.11. The third-order valence-electron chi connectivity index (χ3n) is 5.45. The van der Waals surface area contributed by atoms with Crippen molar-refractivity contribution in [3.63, 3.8) is 0 Å². The number of amides is 1. The standard InChI is InChI=1S/C20H24N2O2/c1-2-24-16-12-20(13-16)10-11-22(14-20)19(23)18-9-8-17(21-18)15-6-4-3-5-7-15/h3-9,16,21H,2,10-14H2,1H3. The van der Waals surface area contributed by atoms with E-state index in [1.165, 1.54) is 0 Å². The number of H-pyrrole nitrogens is 1. The van der Waals surface area contributed by atoms with Gasteiger partial charge in [-0.25, -0.2) is 0 Å². The molecule has 24 heavy (non-hydrogen) atoms. The Hall–Kier alpha value is -2.07. The number of nitrogens with zero attached hydrogens (tertiary/aromatic N) is 1. The third-order valence-corrected chi connectivity index (χ3v) is 5.45. The molecule has 1 aliphatic carbocycles. The summed E-state index contributed by atoms with van der Waals surface area (Å²) in [5, 5.41) is 0. The maximum absolute atomic E-state index is 12.8. The summed E-state index contributed by atoms with van der Waals surface area (Å²) in [7, 11) is 0. The minimum absolute atomic E-state index is 0.119. The van der Waals surface area contributed by atoms with Gasteiger partial charge in [0.2, 0.25) is 0 Å². The van der Waals surface area contributed by atoms with E-state index in [9.17, 15) is 4.79 Å². The maximum atomic E-state index is 12.8. The lowest BCUT2D eigenvalue weighted by Gasteiger charge is -2.44. The second kappa shape index (κ2) is 6.10. The summed E-state index contributed by atoms with van der Waals surface area (Å²) in [6.45, 7) is 4.56. The number of hydrogen-bond acceptors (Lipinski definition) is 2. The lowest BCUT2D eigenvalue weighted by molar-refractivity contribution is -0.0708. The van der Waals surface area contributed by atoms with Crippen LogP contribution in [0, 0.1) is 5.41 Å². The Bertz CT molecular complexity index is 716. The van der Waals surface area contributed by atoms with Crippen LogP contribution in [0.4, 0.5) is 0 Å². The molecule has 1 amide bonds. The quantitative estimate of drug-likeness (QED) is 0.932. The molecule has 1 N–H and O–H groups in total. The average molecular weight is 324 g/mol. The largest absolute Gasteiger partial charge is 0.378 e. The van der Waals surface area contributed by atoms with E-state index in [0.717, 1.165) is 50.2 Å². The Balaban J connectivity index is 1.41. The van der Waals surface area contributed by atoms with Crippen molar-refractivity contribution in [2.24, 2.45) is 5.41 Å². The lowest BCUT2D eigenvalue weighted by atomic mass is 9.66. The van der Waals surface area contributed by atoms with E-state index in [1.807, 2.05) is 54.3 Å². The van der Waals surface area contributed by atoms with Gasteiger partial charge in [0.1, 0.15) is 5.69 Å². The van der Waals surface area contributed by atoms with E-state index in [2.05, 4.69) is 4.98 Å². The highest BCUT2D eigenvalue weighted by Crippen LogP contribution is 2.49. The molecular formula is C20H24N2O2. The van der Waals surface area contributed by atoms with Crippen molar-refractivity contribution in [3.05, 3.63) is 48.2 Å². The smallest absolute Gasteiger partial charge is 0.270 e. The molecule has 4 heteroatoms. The molecule has 1 aromatic heterocycles. The fourth-order valence-corrected chi connectivity index (χ4v) is 4.18. The average Bonchev–Trinajstić information content (AvgIpc) is 3.23. The van der Waals surface area contributed by atoms with Gasteiger partial charge in [0.15, 0.2) is 0 Å². The Labute approximate surface area is 142 Å². The van der Waals surface area contributed by atoms with Gasteiger partial charge in [-0.3, -0.25) is 4.79 Å². The SMILES string of the molecule is CCOC1CC2(CCN(C(=O)c3ccc(-c4ccccc4)[nH]3)C2)C1. The number of aromatic nitrogens is 1. The molecule has 0 unspecified atom stereocenters. The number of aromatic amines is 1. The first-order chi connectivity index (χ1) is 11.7. The monoisotopic (exact) mass is 324 g/mol. The normalized spacial score (nSPS) is 25.9. The predicted molar refractivity (Wildman–Crippen MR) is 93.8 cm³/mol. The molecule has 0 atom stereocenters. The van der Waals surface area contributed by atoms with Crippen molar-refractivity contribution < 1.29 is 9.53 Å². The Morgan fingerprint density at radius 2 is 2.04 bits per heavy atom. The molecule has 4 rings (SSSR count). The van der Waals surface area contributed by atoms with Crippen molar-refractivity contribution in [1.82, 2.24) is 9.88 Å². The highest BCUT2D eigenvalue weighted by atomic mass is 16.5. The van der Waals surface area contributed by atoms with E-state index in [4.69, 9.17) is 4.74 Å². The summed E-state index contributed by atoms with van der Waals surface area (Å²) >= 11 is 0. The fraction of sp³-hybridized carbons (Fsp3) is 0.450. The molecule has 2 heterocycles. The van der Waals surface area contributed by atoms with E-state index < -0.39 is 0 Å². The summed E-state index contributed by atoms with van der Waals surface area (Å²) in [4.78, 5) is 18.1. The van der Waals surface area contributed by atoms with E-state index in [-0.39, 0.29) is 5.91 Å². The van der Waals surface area contributed by atoms with E-state index in [1.54, 1.807) is 0 Å². The van der Waals surface area contributed by atoms with Gasteiger partial charge in [0, 0.05) is 25.4 Å². The number of nitrogens with one attached hydrogen (secondary N) is 1. The summed E-state index contributed by atoms with van der Waals surface area (Å²) in [6, 6.07) is 14.0. The van der Waals surface area contributed by atoms with Crippen LogP contribution in [0.25, 0.3) is 11.3 Å². The van der Waals surface area contributed by atoms with Gasteiger partial charge in [0.05, 0.1) is 6.10 Å². The molecule has 0 radical (unpaired) electrons. The molecule has 2 aliphatic rings. The molecule has 1 saturated carbocycles. The fourth-order valence-electron chi connectivity index (χ4n) is 4.18. The van der Waals surface area contributed by atoms with Crippen LogP contribution in [0.5, 0.6) is 0 Å². The van der Waals surface area contributed by atoms with Gasteiger partial charge in [-0.05, 0) is 49.3 Å². The van der Waals surface area contributed by atoms with Gasteiger partial charge in [0.25, 0.3) is 5.91 Å². The first kappa shape index (κ1) is 15.5. The minimum Gasteiger partial charge on any atom is -0.378 e. The Morgan fingerprint density at radius 1 is 1.25 bits per heavy atom. The van der Waals surface area contributed by atoms with Gasteiger partial charge in [-0.1, -0.05) is 30.3 Å². The van der Waals surface area contributed by atoms with Gasteiger partial charge < -0.3 is 14.6 Å². The van der Waals surface area contributed by atoms with E-state index >= 15 is 0 Å². The van der Waals surface area contributed by atoms with Gasteiger partial charge >= 0.3 is 0 Å². The molecule has 1 saturated heterocycles. The molecule has 1 spiro atoms. The summed E-state index contributed by atoms with van der Waals surface area (Å²) in [5.74, 6) is 0.119. The van der Waals surface area contributed by atoms with Gasteiger partial charge in [-0.2, -0.15) is 0 Å². The Kier molecular flexibility index (Phi) is 3.93. The molecule has 2 fully saturated rings. The van der Waals surface area contributed by atoms with Crippen LogP contribution >= 0.6 is 0 Å². The minimum atomic E-state index is 0.119. The van der Waals surface area contributed by atoms with Crippen LogP contribution in [-0.2, 0) is 4.74 Å². The van der Waals surface area contributed by atoms with Crippen LogP contribution in [0.2, 0.25) is 0 Å². The molecule has 0 bridgehead atoms. The molecule has 1 aliphatic heterocycles. The number of ether oxygens (including phenoxy) is 1. The number of benzene rings is 1. The third kappa shape index (κ3) is 2.75. The zero-order valence-electron chi connectivity index (χ0n) is 14.1. The highest BCUT2D eigenvalue weighted by molar-refractivity contribution is 5.93. The van der Waals surface area contributed by atoms with Crippen molar-refractivity contribution in [1.29, 1.82) is 0 Å². The van der Waals surface area contributed by atoms with Crippen LogP contribution in [0.15, 0.2) is 42.5 Å². The zero-order chi connectivity index (χ0) is 16.6. The zero-order valence-corrected chi connectivity index (χ0v) is 14.1. The number of likely N-dealkylation sites (tertiary alicyclic amines) is 1. The molecule has 2 aromatic rings. The summed E-state index contributed by atoms with van der Waals surface area (Å²) in [6.07, 6.45) is 3.71. The topological polar surface area (TPSA) is 45.3 Å². The summed E-state index contributed by atoms with van der Waals surface area (Å²) in [5.41, 5.74) is 3.09.